The van der Waals surface area contributed by atoms with Gasteiger partial charge in [-0.1, -0.05) is 48.0 Å². The van der Waals surface area contributed by atoms with Crippen molar-refractivity contribution in [3.05, 3.63) is 100 Å². The molecule has 3 rings (SSSR count). The maximum atomic E-state index is 13.5. The normalized spacial score (nSPS) is 13.1. The molecule has 0 heterocycles. The van der Waals surface area contributed by atoms with Crippen molar-refractivity contribution in [3.63, 3.8) is 0 Å². The summed E-state index contributed by atoms with van der Waals surface area (Å²) in [6, 6.07) is 13.5. The Labute approximate surface area is 198 Å². The lowest BCUT2D eigenvalue weighted by Gasteiger charge is -2.29. The molecule has 0 aliphatic heterocycles. The van der Waals surface area contributed by atoms with Crippen molar-refractivity contribution >= 4 is 27.5 Å². The molecule has 0 radical (unpaired) electrons. The number of benzene rings is 3. The van der Waals surface area contributed by atoms with Crippen molar-refractivity contribution in [3.8, 4) is 0 Å². The summed E-state index contributed by atoms with van der Waals surface area (Å²) in [5.74, 6) is -2.10. The summed E-state index contributed by atoms with van der Waals surface area (Å²) >= 11 is 5.84. The SMILES string of the molecule is NC(=O)[C@@H](c1ccccc1)N(CCc1ccc(F)cc1C(F)(F)F)S(=O)(=O)c1ccc(Cl)cc1. The van der Waals surface area contributed by atoms with E-state index in [0.29, 0.717) is 6.07 Å². The quantitative estimate of drug-likeness (QED) is 0.432. The van der Waals surface area contributed by atoms with E-state index in [-0.39, 0.29) is 21.0 Å². The highest BCUT2D eigenvalue weighted by Crippen LogP contribution is 2.34. The van der Waals surface area contributed by atoms with Gasteiger partial charge in [0.05, 0.1) is 10.5 Å². The lowest BCUT2D eigenvalue weighted by atomic mass is 10.0. The summed E-state index contributed by atoms with van der Waals surface area (Å²) in [4.78, 5) is 12.2. The zero-order chi connectivity index (χ0) is 25.1. The molecule has 34 heavy (non-hydrogen) atoms. The number of hydrogen-bond donors (Lipinski definition) is 1. The van der Waals surface area contributed by atoms with E-state index in [1.54, 1.807) is 18.2 Å². The molecule has 1 amide bonds. The molecule has 0 aliphatic rings. The molecule has 0 aliphatic carbocycles. The number of sulfonamides is 1. The molecular weight excluding hydrogens is 496 g/mol. The van der Waals surface area contributed by atoms with E-state index in [1.807, 2.05) is 0 Å². The van der Waals surface area contributed by atoms with Crippen LogP contribution in [0.1, 0.15) is 22.7 Å². The number of halogens is 5. The third-order valence-electron chi connectivity index (χ3n) is 5.07. The fourth-order valence-electron chi connectivity index (χ4n) is 3.50. The van der Waals surface area contributed by atoms with E-state index in [2.05, 4.69) is 0 Å². The second-order valence-electron chi connectivity index (χ2n) is 7.33. The Morgan fingerprint density at radius 3 is 2.18 bits per heavy atom. The molecule has 3 aromatic carbocycles. The highest BCUT2D eigenvalue weighted by Gasteiger charge is 2.38. The van der Waals surface area contributed by atoms with Gasteiger partial charge in [-0.25, -0.2) is 12.8 Å². The molecule has 1 atom stereocenters. The number of carbonyl (C=O) groups excluding carboxylic acids is 1. The number of alkyl halides is 3. The van der Waals surface area contributed by atoms with Crippen molar-refractivity contribution in [2.45, 2.75) is 23.5 Å². The predicted molar refractivity (Wildman–Crippen MR) is 119 cm³/mol. The molecule has 0 aromatic heterocycles. The van der Waals surface area contributed by atoms with E-state index in [1.165, 1.54) is 36.4 Å². The first-order chi connectivity index (χ1) is 15.9. The highest BCUT2D eigenvalue weighted by molar-refractivity contribution is 7.89. The van der Waals surface area contributed by atoms with Gasteiger partial charge in [0.2, 0.25) is 15.9 Å². The zero-order valence-corrected chi connectivity index (χ0v) is 19.0. The predicted octanol–water partition coefficient (Wildman–Crippen LogP) is 4.96. The Morgan fingerprint density at radius 2 is 1.62 bits per heavy atom. The van der Waals surface area contributed by atoms with Crippen LogP contribution in [0.25, 0.3) is 0 Å². The number of rotatable bonds is 8. The van der Waals surface area contributed by atoms with E-state index in [4.69, 9.17) is 17.3 Å². The van der Waals surface area contributed by atoms with Crippen LogP contribution in [-0.2, 0) is 27.4 Å². The fourth-order valence-corrected chi connectivity index (χ4v) is 5.21. The summed E-state index contributed by atoms with van der Waals surface area (Å²) < 4.78 is 81.6. The summed E-state index contributed by atoms with van der Waals surface area (Å²) in [6.07, 6.45) is -5.32. The summed E-state index contributed by atoms with van der Waals surface area (Å²) in [6.45, 7) is -0.540. The third-order valence-corrected chi connectivity index (χ3v) is 7.20. The maximum Gasteiger partial charge on any atom is 0.416 e. The second-order valence-corrected chi connectivity index (χ2v) is 9.66. The minimum absolute atomic E-state index is 0.228. The van der Waals surface area contributed by atoms with Crippen molar-refractivity contribution in [2.75, 3.05) is 6.54 Å². The van der Waals surface area contributed by atoms with E-state index in [0.717, 1.165) is 16.4 Å². The number of carbonyl (C=O) groups is 1. The highest BCUT2D eigenvalue weighted by atomic mass is 35.5. The number of nitrogens with zero attached hydrogens (tertiary/aromatic N) is 1. The Hall–Kier alpha value is -2.95. The van der Waals surface area contributed by atoms with Gasteiger partial charge in [0.15, 0.2) is 0 Å². The zero-order valence-electron chi connectivity index (χ0n) is 17.5. The molecule has 0 unspecified atom stereocenters. The molecule has 3 aromatic rings. The van der Waals surface area contributed by atoms with Crippen molar-refractivity contribution < 1.29 is 30.8 Å². The molecule has 0 saturated carbocycles. The van der Waals surface area contributed by atoms with Gasteiger partial charge < -0.3 is 5.73 Å². The lowest BCUT2D eigenvalue weighted by molar-refractivity contribution is -0.138. The topological polar surface area (TPSA) is 80.5 Å². The third kappa shape index (κ3) is 5.75. The fraction of sp³-hybridized carbons (Fsp3) is 0.174. The molecule has 0 bridgehead atoms. The van der Waals surface area contributed by atoms with Gasteiger partial charge in [-0.3, -0.25) is 4.79 Å². The van der Waals surface area contributed by atoms with Crippen LogP contribution in [0.4, 0.5) is 17.6 Å². The van der Waals surface area contributed by atoms with Gasteiger partial charge in [-0.2, -0.15) is 17.5 Å². The lowest BCUT2D eigenvalue weighted by Crippen LogP contribution is -2.42. The Morgan fingerprint density at radius 1 is 1.00 bits per heavy atom. The van der Waals surface area contributed by atoms with Gasteiger partial charge >= 0.3 is 6.18 Å². The molecule has 2 N–H and O–H groups in total. The molecule has 0 saturated heterocycles. The number of hydrogen-bond acceptors (Lipinski definition) is 3. The minimum atomic E-state index is -4.86. The molecular formula is C23H19ClF4N2O3S. The van der Waals surface area contributed by atoms with Crippen LogP contribution in [-0.4, -0.2) is 25.2 Å². The van der Waals surface area contributed by atoms with Gasteiger partial charge in [0, 0.05) is 11.6 Å². The summed E-state index contributed by atoms with van der Waals surface area (Å²) in [7, 11) is -4.42. The van der Waals surface area contributed by atoms with Gasteiger partial charge in [-0.15, -0.1) is 0 Å². The Bertz CT molecular complexity index is 1270. The van der Waals surface area contributed by atoms with Crippen LogP contribution in [0.5, 0.6) is 0 Å². The first-order valence-corrected chi connectivity index (χ1v) is 11.7. The monoisotopic (exact) mass is 514 g/mol. The van der Waals surface area contributed by atoms with Gasteiger partial charge in [0.25, 0.3) is 0 Å². The van der Waals surface area contributed by atoms with E-state index < -0.39 is 52.5 Å². The van der Waals surface area contributed by atoms with Gasteiger partial charge in [-0.05, 0) is 53.9 Å². The molecule has 180 valence electrons. The van der Waals surface area contributed by atoms with Crippen molar-refractivity contribution in [1.82, 2.24) is 4.31 Å². The molecule has 5 nitrogen and oxygen atoms in total. The van der Waals surface area contributed by atoms with Crippen molar-refractivity contribution in [1.29, 1.82) is 0 Å². The average Bonchev–Trinajstić information content (AvgIpc) is 2.77. The van der Waals surface area contributed by atoms with Crippen LogP contribution in [0.15, 0.2) is 77.7 Å². The van der Waals surface area contributed by atoms with Crippen molar-refractivity contribution in [2.24, 2.45) is 5.73 Å². The van der Waals surface area contributed by atoms with Crippen LogP contribution >= 0.6 is 11.6 Å². The Balaban J connectivity index is 2.09. The van der Waals surface area contributed by atoms with Crippen LogP contribution < -0.4 is 5.73 Å². The summed E-state index contributed by atoms with van der Waals surface area (Å²) in [5.41, 5.74) is 4.24. The number of primary amides is 1. The molecule has 0 spiro atoms. The first-order valence-electron chi connectivity index (χ1n) is 9.88. The largest absolute Gasteiger partial charge is 0.416 e. The summed E-state index contributed by atoms with van der Waals surface area (Å²) in [5, 5.41) is 0.265. The van der Waals surface area contributed by atoms with E-state index >= 15 is 0 Å². The molecule has 0 fully saturated rings. The standard InChI is InChI=1S/C23H19ClF4N2O3S/c24-17-7-10-19(11-8-17)34(32,33)30(21(22(29)31)16-4-2-1-3-5-16)13-12-15-6-9-18(25)14-20(15)23(26,27)28/h1-11,14,21H,12-13H2,(H2,29,31)/t21-/m1/s1. The van der Waals surface area contributed by atoms with Crippen LogP contribution in [0.2, 0.25) is 5.02 Å². The second kappa shape index (κ2) is 10.1. The smallest absolute Gasteiger partial charge is 0.368 e. The number of nitrogens with two attached hydrogens (primary N) is 1. The number of amides is 1. The van der Waals surface area contributed by atoms with Crippen LogP contribution in [0.3, 0.4) is 0 Å². The average molecular weight is 515 g/mol. The minimum Gasteiger partial charge on any atom is -0.368 e. The Kier molecular flexibility index (Phi) is 7.64. The van der Waals surface area contributed by atoms with Gasteiger partial charge in [0.1, 0.15) is 11.9 Å². The maximum absolute atomic E-state index is 13.5. The molecule has 11 heteroatoms. The van der Waals surface area contributed by atoms with E-state index in [9.17, 15) is 30.8 Å². The first kappa shape index (κ1) is 25.7. The van der Waals surface area contributed by atoms with Crippen LogP contribution in [0, 0.1) is 5.82 Å².